The van der Waals surface area contributed by atoms with Crippen LogP contribution in [0.25, 0.3) is 0 Å². The van der Waals surface area contributed by atoms with Gasteiger partial charge in [-0.2, -0.15) is 0 Å². The molecule has 0 amide bonds. The van der Waals surface area contributed by atoms with Crippen molar-refractivity contribution in [1.29, 1.82) is 0 Å². The molecule has 1 atom stereocenters. The van der Waals surface area contributed by atoms with Gasteiger partial charge in [0.1, 0.15) is 0 Å². The van der Waals surface area contributed by atoms with E-state index in [1.807, 2.05) is 30.3 Å². The van der Waals surface area contributed by atoms with Crippen molar-refractivity contribution in [3.63, 3.8) is 0 Å². The third-order valence-electron chi connectivity index (χ3n) is 2.33. The van der Waals surface area contributed by atoms with Gasteiger partial charge in [-0.25, -0.2) is 0 Å². The zero-order valence-corrected chi connectivity index (χ0v) is 9.05. The van der Waals surface area contributed by atoms with Crippen LogP contribution in [0.15, 0.2) is 30.3 Å². The fourth-order valence-electron chi connectivity index (χ4n) is 1.53. The predicted octanol–water partition coefficient (Wildman–Crippen LogP) is 1.81. The number of methoxy groups -OCH3 is 1. The molecule has 1 rings (SSSR count). The molecule has 0 fully saturated rings. The van der Waals surface area contributed by atoms with E-state index in [-0.39, 0.29) is 18.8 Å². The van der Waals surface area contributed by atoms with Gasteiger partial charge in [-0.1, -0.05) is 30.3 Å². The molecule has 0 aromatic heterocycles. The van der Waals surface area contributed by atoms with E-state index in [1.54, 1.807) is 0 Å². The summed E-state index contributed by atoms with van der Waals surface area (Å²) in [7, 11) is 1.30. The third kappa shape index (κ3) is 3.73. The van der Waals surface area contributed by atoms with Crippen LogP contribution in [0.2, 0.25) is 0 Å². The number of hydrogen-bond acceptors (Lipinski definition) is 3. The van der Waals surface area contributed by atoms with Gasteiger partial charge in [0.05, 0.1) is 20.0 Å². The molecule has 0 aliphatic carbocycles. The van der Waals surface area contributed by atoms with E-state index in [2.05, 4.69) is 4.74 Å². The summed E-state index contributed by atoms with van der Waals surface area (Å²) in [5.41, 5.74) is 0.843. The molecule has 1 aromatic carbocycles. The van der Waals surface area contributed by atoms with Crippen LogP contribution in [0.1, 0.15) is 24.3 Å². The van der Waals surface area contributed by atoms with E-state index < -0.39 is 11.9 Å². The zero-order valence-electron chi connectivity index (χ0n) is 9.05. The minimum absolute atomic E-state index is 0.0703. The number of esters is 1. The largest absolute Gasteiger partial charge is 0.481 e. The van der Waals surface area contributed by atoms with E-state index in [4.69, 9.17) is 5.11 Å². The summed E-state index contributed by atoms with van der Waals surface area (Å²) in [6.07, 6.45) is 0.0198. The maximum absolute atomic E-state index is 11.2. The van der Waals surface area contributed by atoms with Crippen molar-refractivity contribution >= 4 is 11.9 Å². The molecule has 16 heavy (non-hydrogen) atoms. The summed E-state index contributed by atoms with van der Waals surface area (Å²) >= 11 is 0. The van der Waals surface area contributed by atoms with Crippen molar-refractivity contribution in [3.05, 3.63) is 35.9 Å². The molecular weight excluding hydrogens is 208 g/mol. The smallest absolute Gasteiger partial charge is 0.306 e. The quantitative estimate of drug-likeness (QED) is 0.772. The number of hydrogen-bond donors (Lipinski definition) is 1. The molecule has 1 N–H and O–H groups in total. The molecule has 0 saturated carbocycles. The van der Waals surface area contributed by atoms with Crippen LogP contribution in [0.4, 0.5) is 0 Å². The average Bonchev–Trinajstić information content (AvgIpc) is 2.28. The highest BCUT2D eigenvalue weighted by Crippen LogP contribution is 2.23. The topological polar surface area (TPSA) is 63.6 Å². The first-order chi connectivity index (χ1) is 7.63. The van der Waals surface area contributed by atoms with Gasteiger partial charge in [0.15, 0.2) is 0 Å². The van der Waals surface area contributed by atoms with Crippen LogP contribution in [-0.2, 0) is 14.3 Å². The number of ether oxygens (including phenoxy) is 1. The maximum atomic E-state index is 11.2. The zero-order chi connectivity index (χ0) is 12.0. The molecular formula is C12H14O4. The van der Waals surface area contributed by atoms with Crippen molar-refractivity contribution in [3.8, 4) is 0 Å². The number of aliphatic carboxylic acids is 1. The second-order valence-corrected chi connectivity index (χ2v) is 3.49. The van der Waals surface area contributed by atoms with E-state index in [0.29, 0.717) is 0 Å². The van der Waals surface area contributed by atoms with Gasteiger partial charge < -0.3 is 9.84 Å². The Morgan fingerprint density at radius 2 is 1.88 bits per heavy atom. The van der Waals surface area contributed by atoms with E-state index in [9.17, 15) is 9.59 Å². The maximum Gasteiger partial charge on any atom is 0.306 e. The Hall–Kier alpha value is -1.84. The minimum atomic E-state index is -0.919. The van der Waals surface area contributed by atoms with Gasteiger partial charge >= 0.3 is 11.9 Å². The molecule has 1 aromatic rings. The Kier molecular flexibility index (Phi) is 4.51. The third-order valence-corrected chi connectivity index (χ3v) is 2.33. The summed E-state index contributed by atoms with van der Waals surface area (Å²) in [6, 6.07) is 9.12. The van der Waals surface area contributed by atoms with Gasteiger partial charge in [-0.15, -0.1) is 0 Å². The number of carboxylic acids is 1. The van der Waals surface area contributed by atoms with Crippen LogP contribution in [0.5, 0.6) is 0 Å². The number of carbonyl (C=O) groups is 2. The Bertz CT molecular complexity index is 359. The van der Waals surface area contributed by atoms with Crippen molar-refractivity contribution in [2.75, 3.05) is 7.11 Å². The van der Waals surface area contributed by atoms with E-state index in [1.165, 1.54) is 7.11 Å². The minimum Gasteiger partial charge on any atom is -0.481 e. The molecule has 0 saturated heterocycles. The molecule has 86 valence electrons. The Labute approximate surface area is 93.9 Å². The average molecular weight is 222 g/mol. The summed E-state index contributed by atoms with van der Waals surface area (Å²) in [5, 5.41) is 8.78. The lowest BCUT2D eigenvalue weighted by Gasteiger charge is -2.13. The van der Waals surface area contributed by atoms with Gasteiger partial charge in [-0.3, -0.25) is 9.59 Å². The SMILES string of the molecule is COC(=O)C[C@@H](CC(=O)O)c1ccccc1. The van der Waals surface area contributed by atoms with E-state index in [0.717, 1.165) is 5.56 Å². The molecule has 0 radical (unpaired) electrons. The second kappa shape index (κ2) is 5.90. The first-order valence-electron chi connectivity index (χ1n) is 4.97. The summed E-state index contributed by atoms with van der Waals surface area (Å²) in [4.78, 5) is 21.9. The molecule has 0 aliphatic heterocycles. The van der Waals surface area contributed by atoms with E-state index >= 15 is 0 Å². The monoisotopic (exact) mass is 222 g/mol. The lowest BCUT2D eigenvalue weighted by molar-refractivity contribution is -0.141. The normalized spacial score (nSPS) is 11.8. The van der Waals surface area contributed by atoms with Crippen LogP contribution in [-0.4, -0.2) is 24.2 Å². The van der Waals surface area contributed by atoms with Gasteiger partial charge in [0, 0.05) is 5.92 Å². The summed E-state index contributed by atoms with van der Waals surface area (Å²) in [6.45, 7) is 0. The molecule has 0 unspecified atom stereocenters. The lowest BCUT2D eigenvalue weighted by atomic mass is 9.93. The lowest BCUT2D eigenvalue weighted by Crippen LogP contribution is -2.12. The Morgan fingerprint density at radius 1 is 1.25 bits per heavy atom. The fraction of sp³-hybridized carbons (Fsp3) is 0.333. The van der Waals surface area contributed by atoms with Crippen molar-refractivity contribution < 1.29 is 19.4 Å². The molecule has 0 heterocycles. The molecule has 0 bridgehead atoms. The van der Waals surface area contributed by atoms with Gasteiger partial charge in [-0.05, 0) is 5.56 Å². The number of carboxylic acid groups (broad SMARTS) is 1. The highest BCUT2D eigenvalue weighted by atomic mass is 16.5. The summed E-state index contributed by atoms with van der Waals surface area (Å²) in [5.74, 6) is -1.64. The number of carbonyl (C=O) groups excluding carboxylic acids is 1. The Morgan fingerprint density at radius 3 is 2.38 bits per heavy atom. The number of rotatable bonds is 5. The molecule has 0 spiro atoms. The first kappa shape index (κ1) is 12.2. The highest BCUT2D eigenvalue weighted by molar-refractivity contribution is 5.73. The van der Waals surface area contributed by atoms with Gasteiger partial charge in [0.25, 0.3) is 0 Å². The van der Waals surface area contributed by atoms with Crippen LogP contribution >= 0.6 is 0 Å². The highest BCUT2D eigenvalue weighted by Gasteiger charge is 2.19. The number of benzene rings is 1. The molecule has 0 aliphatic rings. The van der Waals surface area contributed by atoms with Gasteiger partial charge in [0.2, 0.25) is 0 Å². The van der Waals surface area contributed by atoms with Crippen LogP contribution in [0, 0.1) is 0 Å². The molecule has 4 heteroatoms. The first-order valence-corrected chi connectivity index (χ1v) is 4.97. The molecule has 4 nitrogen and oxygen atoms in total. The summed E-state index contributed by atoms with van der Waals surface area (Å²) < 4.78 is 4.55. The van der Waals surface area contributed by atoms with Crippen molar-refractivity contribution in [2.24, 2.45) is 0 Å². The predicted molar refractivity (Wildman–Crippen MR) is 58.1 cm³/mol. The van der Waals surface area contributed by atoms with Crippen molar-refractivity contribution in [1.82, 2.24) is 0 Å². The Balaban J connectivity index is 2.79. The second-order valence-electron chi connectivity index (χ2n) is 3.49. The fourth-order valence-corrected chi connectivity index (χ4v) is 1.53. The standard InChI is InChI=1S/C12H14O4/c1-16-12(15)8-10(7-11(13)14)9-5-3-2-4-6-9/h2-6,10H,7-8H2,1H3,(H,13,14)/t10-/m1/s1. The van der Waals surface area contributed by atoms with Crippen LogP contribution < -0.4 is 0 Å². The van der Waals surface area contributed by atoms with Crippen molar-refractivity contribution in [2.45, 2.75) is 18.8 Å². The van der Waals surface area contributed by atoms with Crippen LogP contribution in [0.3, 0.4) is 0 Å².